The summed E-state index contributed by atoms with van der Waals surface area (Å²) in [4.78, 5) is 10.6. The first-order valence-electron chi connectivity index (χ1n) is 8.44. The van der Waals surface area contributed by atoms with Crippen LogP contribution >= 0.6 is 15.9 Å². The lowest BCUT2D eigenvalue weighted by Gasteiger charge is -2.08. The van der Waals surface area contributed by atoms with Crippen LogP contribution in [-0.2, 0) is 15.7 Å². The van der Waals surface area contributed by atoms with Gasteiger partial charge in [0.05, 0.1) is 12.2 Å². The number of benzene rings is 2. The van der Waals surface area contributed by atoms with E-state index in [1.807, 2.05) is 13.8 Å². The predicted octanol–water partition coefficient (Wildman–Crippen LogP) is 6.17. The van der Waals surface area contributed by atoms with Gasteiger partial charge in [-0.15, -0.1) is 0 Å². The molecule has 28 heavy (non-hydrogen) atoms. The highest BCUT2D eigenvalue weighted by molar-refractivity contribution is 9.10. The van der Waals surface area contributed by atoms with E-state index in [0.717, 1.165) is 12.1 Å². The second-order valence-electron chi connectivity index (χ2n) is 6.26. The lowest BCUT2D eigenvalue weighted by atomic mass is 10.2. The molecule has 0 radical (unpaired) electrons. The highest BCUT2D eigenvalue weighted by atomic mass is 79.9. The van der Waals surface area contributed by atoms with Crippen LogP contribution in [0.5, 0.6) is 17.2 Å². The molecule has 0 aliphatic carbocycles. The Morgan fingerprint density at radius 3 is 1.86 bits per heavy atom. The summed E-state index contributed by atoms with van der Waals surface area (Å²) in [5.41, 5.74) is -0.722. The zero-order valence-corrected chi connectivity index (χ0v) is 17.3. The van der Waals surface area contributed by atoms with Crippen LogP contribution < -0.4 is 4.74 Å². The van der Waals surface area contributed by atoms with Crippen LogP contribution in [0.25, 0.3) is 0 Å². The molecular weight excluding hydrogens is 441 g/mol. The van der Waals surface area contributed by atoms with Crippen molar-refractivity contribution in [3.05, 3.63) is 54.1 Å². The first-order chi connectivity index (χ1) is 13.0. The van der Waals surface area contributed by atoms with E-state index in [1.54, 1.807) is 6.92 Å². The zero-order valence-electron chi connectivity index (χ0n) is 15.7. The fraction of sp³-hybridized carbons (Fsp3) is 0.350. The summed E-state index contributed by atoms with van der Waals surface area (Å²) in [6.45, 7) is 6.27. The number of phenols is 1. The Balaban J connectivity index is 0.000000336. The second-order valence-corrected chi connectivity index (χ2v) is 7.63. The summed E-state index contributed by atoms with van der Waals surface area (Å²) in [7, 11) is 0. The third kappa shape index (κ3) is 9.12. The third-order valence-corrected chi connectivity index (χ3v) is 3.51. The van der Waals surface area contributed by atoms with E-state index in [-0.39, 0.29) is 16.5 Å². The number of carbonyl (C=O) groups is 1. The number of aromatic hydroxyl groups is 1. The number of halogens is 4. The Morgan fingerprint density at radius 1 is 1.00 bits per heavy atom. The smallest absolute Gasteiger partial charge is 0.416 e. The van der Waals surface area contributed by atoms with Crippen LogP contribution in [-0.4, -0.2) is 22.5 Å². The minimum absolute atomic E-state index is 0.0924. The number of alkyl halides is 4. The number of hydrogen-bond acceptors (Lipinski definition) is 4. The molecular formula is C20H22BrF3O4. The lowest BCUT2D eigenvalue weighted by molar-refractivity contribution is -0.143. The minimum Gasteiger partial charge on any atom is -0.508 e. The Morgan fingerprint density at radius 2 is 1.46 bits per heavy atom. The third-order valence-electron chi connectivity index (χ3n) is 3.14. The molecule has 0 amide bonds. The van der Waals surface area contributed by atoms with Gasteiger partial charge >= 0.3 is 12.1 Å². The first-order valence-corrected chi connectivity index (χ1v) is 9.35. The highest BCUT2D eigenvalue weighted by Gasteiger charge is 2.30. The number of phenolic OH excluding ortho intramolecular Hbond substituents is 1. The second kappa shape index (κ2) is 10.9. The van der Waals surface area contributed by atoms with Crippen molar-refractivity contribution in [1.29, 1.82) is 0 Å². The Bertz CT molecular complexity index is 727. The number of esters is 1. The molecule has 2 rings (SSSR count). The van der Waals surface area contributed by atoms with Crippen LogP contribution in [0.4, 0.5) is 13.2 Å². The standard InChI is InChI=1S/C13H9F3O2.C7H13BrO2/c14-13(15,16)9-1-5-11(6-2-9)18-12-7-3-10(17)4-8-12;1-5(2)4-10-7(9)6(3)8/h1-8,17H;5-6H,4H2,1-3H3. The molecule has 4 nitrogen and oxygen atoms in total. The van der Waals surface area contributed by atoms with Gasteiger partial charge in [0, 0.05) is 0 Å². The van der Waals surface area contributed by atoms with Gasteiger partial charge in [0.15, 0.2) is 0 Å². The lowest BCUT2D eigenvalue weighted by Crippen LogP contribution is -2.16. The topological polar surface area (TPSA) is 55.8 Å². The quantitative estimate of drug-likeness (QED) is 0.426. The summed E-state index contributed by atoms with van der Waals surface area (Å²) >= 11 is 3.12. The molecule has 0 aromatic heterocycles. The predicted molar refractivity (Wildman–Crippen MR) is 104 cm³/mol. The summed E-state index contributed by atoms with van der Waals surface area (Å²) < 4.78 is 47.2. The molecule has 0 saturated heterocycles. The molecule has 1 N–H and O–H groups in total. The normalized spacial score (nSPS) is 12.0. The Kier molecular flexibility index (Phi) is 9.31. The Hall–Kier alpha value is -2.22. The molecule has 1 unspecified atom stereocenters. The van der Waals surface area contributed by atoms with Gasteiger partial charge in [-0.3, -0.25) is 4.79 Å². The van der Waals surface area contributed by atoms with Crippen LogP contribution in [0.1, 0.15) is 26.3 Å². The maximum Gasteiger partial charge on any atom is 0.416 e. The van der Waals surface area contributed by atoms with Crippen LogP contribution in [0, 0.1) is 5.92 Å². The number of hydrogen-bond donors (Lipinski definition) is 1. The summed E-state index contributed by atoms with van der Waals surface area (Å²) in [5, 5.41) is 9.07. The maximum atomic E-state index is 12.3. The van der Waals surface area contributed by atoms with Gasteiger partial charge in [-0.05, 0) is 61.4 Å². The van der Waals surface area contributed by atoms with Gasteiger partial charge in [-0.1, -0.05) is 29.8 Å². The monoisotopic (exact) mass is 462 g/mol. The van der Waals surface area contributed by atoms with E-state index in [4.69, 9.17) is 14.6 Å². The highest BCUT2D eigenvalue weighted by Crippen LogP contribution is 2.31. The SMILES string of the molecule is CC(C)COC(=O)C(C)Br.Oc1ccc(Oc2ccc(C(F)(F)F)cc2)cc1. The number of rotatable bonds is 5. The molecule has 0 aliphatic rings. The van der Waals surface area contributed by atoms with Crippen molar-refractivity contribution in [2.45, 2.75) is 31.8 Å². The molecule has 8 heteroatoms. The Labute approximate surface area is 170 Å². The van der Waals surface area contributed by atoms with E-state index in [0.29, 0.717) is 24.0 Å². The zero-order chi connectivity index (χ0) is 21.3. The van der Waals surface area contributed by atoms with Crippen molar-refractivity contribution in [2.24, 2.45) is 5.92 Å². The van der Waals surface area contributed by atoms with Crippen molar-refractivity contribution in [2.75, 3.05) is 6.61 Å². The van der Waals surface area contributed by atoms with Gasteiger partial charge in [-0.2, -0.15) is 13.2 Å². The molecule has 0 heterocycles. The number of ether oxygens (including phenoxy) is 2. The average Bonchev–Trinajstić information content (AvgIpc) is 2.61. The molecule has 0 saturated carbocycles. The largest absolute Gasteiger partial charge is 0.508 e. The molecule has 0 fully saturated rings. The van der Waals surface area contributed by atoms with Crippen LogP contribution in [0.2, 0.25) is 0 Å². The average molecular weight is 463 g/mol. The fourth-order valence-electron chi connectivity index (χ4n) is 1.73. The molecule has 1 atom stereocenters. The van der Waals surface area contributed by atoms with Gasteiger partial charge in [-0.25, -0.2) is 0 Å². The van der Waals surface area contributed by atoms with Crippen molar-refractivity contribution >= 4 is 21.9 Å². The van der Waals surface area contributed by atoms with Gasteiger partial charge in [0.2, 0.25) is 0 Å². The molecule has 0 spiro atoms. The molecule has 2 aromatic carbocycles. The summed E-state index contributed by atoms with van der Waals surface area (Å²) in [6, 6.07) is 10.3. The van der Waals surface area contributed by atoms with Crippen LogP contribution in [0.15, 0.2) is 48.5 Å². The van der Waals surface area contributed by atoms with Crippen molar-refractivity contribution in [3.8, 4) is 17.2 Å². The number of carbonyl (C=O) groups excluding carboxylic acids is 1. The van der Waals surface area contributed by atoms with Crippen molar-refractivity contribution in [3.63, 3.8) is 0 Å². The van der Waals surface area contributed by atoms with Gasteiger partial charge in [0.25, 0.3) is 0 Å². The summed E-state index contributed by atoms with van der Waals surface area (Å²) in [6.07, 6.45) is -4.35. The minimum atomic E-state index is -4.35. The maximum absolute atomic E-state index is 12.3. The molecule has 154 valence electrons. The van der Waals surface area contributed by atoms with Crippen molar-refractivity contribution < 1.29 is 32.5 Å². The molecule has 0 aliphatic heterocycles. The molecule has 0 bridgehead atoms. The summed E-state index contributed by atoms with van der Waals surface area (Å²) in [5.74, 6) is 1.06. The molecule has 2 aromatic rings. The van der Waals surface area contributed by atoms with E-state index < -0.39 is 11.7 Å². The van der Waals surface area contributed by atoms with Gasteiger partial charge < -0.3 is 14.6 Å². The van der Waals surface area contributed by atoms with Crippen LogP contribution in [0.3, 0.4) is 0 Å². The van der Waals surface area contributed by atoms with Gasteiger partial charge in [0.1, 0.15) is 22.1 Å². The van der Waals surface area contributed by atoms with E-state index in [1.165, 1.54) is 36.4 Å². The van der Waals surface area contributed by atoms with E-state index >= 15 is 0 Å². The van der Waals surface area contributed by atoms with E-state index in [9.17, 15) is 18.0 Å². The van der Waals surface area contributed by atoms with E-state index in [2.05, 4.69) is 15.9 Å². The van der Waals surface area contributed by atoms with Crippen molar-refractivity contribution in [1.82, 2.24) is 0 Å². The fourth-order valence-corrected chi connectivity index (χ4v) is 1.86. The first kappa shape index (κ1) is 23.8.